The van der Waals surface area contributed by atoms with Gasteiger partial charge in [0.1, 0.15) is 9.34 Å². The van der Waals surface area contributed by atoms with E-state index >= 15 is 0 Å². The maximum absolute atomic E-state index is 12.1. The topological polar surface area (TPSA) is 45.2 Å². The van der Waals surface area contributed by atoms with E-state index in [1.165, 1.54) is 17.8 Å². The maximum Gasteiger partial charge on any atom is 0.239 e. The molecule has 0 saturated carbocycles. The van der Waals surface area contributed by atoms with Crippen LogP contribution >= 0.6 is 22.9 Å². The predicted octanol–water partition coefficient (Wildman–Crippen LogP) is 2.29. The zero-order valence-corrected chi connectivity index (χ0v) is 12.1. The first kappa shape index (κ1) is 13.8. The van der Waals surface area contributed by atoms with E-state index < -0.39 is 0 Å². The summed E-state index contributed by atoms with van der Waals surface area (Å²) in [6, 6.07) is -0.161. The molecule has 0 spiro atoms. The van der Waals surface area contributed by atoms with Crippen LogP contribution in [0.3, 0.4) is 0 Å². The Labute approximate surface area is 116 Å². The lowest BCUT2D eigenvalue weighted by Crippen LogP contribution is -2.46. The van der Waals surface area contributed by atoms with E-state index in [2.05, 4.69) is 10.3 Å². The van der Waals surface area contributed by atoms with E-state index in [0.29, 0.717) is 10.9 Å². The number of rotatable bonds is 4. The molecule has 1 fully saturated rings. The van der Waals surface area contributed by atoms with Crippen molar-refractivity contribution in [1.82, 2.24) is 15.2 Å². The number of hydrogen-bond donors (Lipinski definition) is 1. The molecule has 1 aromatic heterocycles. The fraction of sp³-hybridized carbons (Fsp3) is 0.667. The number of nitrogens with zero attached hydrogens (tertiary/aromatic N) is 2. The van der Waals surface area contributed by atoms with Crippen molar-refractivity contribution < 1.29 is 4.79 Å². The molecule has 1 aliphatic heterocycles. The highest BCUT2D eigenvalue weighted by Gasteiger charge is 2.21. The molecule has 6 heteroatoms. The van der Waals surface area contributed by atoms with Crippen LogP contribution in [0.5, 0.6) is 0 Å². The van der Waals surface area contributed by atoms with Crippen molar-refractivity contribution in [2.24, 2.45) is 0 Å². The van der Waals surface area contributed by atoms with E-state index in [0.717, 1.165) is 30.9 Å². The minimum Gasteiger partial charge on any atom is -0.341 e. The molecule has 1 saturated heterocycles. The van der Waals surface area contributed by atoms with E-state index in [4.69, 9.17) is 11.6 Å². The molecule has 2 heterocycles. The molecule has 1 aliphatic rings. The van der Waals surface area contributed by atoms with Crippen LogP contribution in [0, 0.1) is 0 Å². The van der Waals surface area contributed by atoms with E-state index in [1.54, 1.807) is 6.20 Å². The standard InChI is InChI=1S/C12H18ClN3OS/c1-9(12(17)16-5-3-2-4-6-16)14-8-11-15-7-10(13)18-11/h7,9,14H,2-6,8H2,1H3. The first-order chi connectivity index (χ1) is 8.66. The summed E-state index contributed by atoms with van der Waals surface area (Å²) in [4.78, 5) is 18.3. The number of hydrogen-bond acceptors (Lipinski definition) is 4. The Morgan fingerprint density at radius 3 is 2.89 bits per heavy atom. The van der Waals surface area contributed by atoms with Crippen LogP contribution < -0.4 is 5.32 Å². The van der Waals surface area contributed by atoms with Crippen LogP contribution in [0.1, 0.15) is 31.2 Å². The van der Waals surface area contributed by atoms with Gasteiger partial charge >= 0.3 is 0 Å². The largest absolute Gasteiger partial charge is 0.341 e. The summed E-state index contributed by atoms with van der Waals surface area (Å²) in [6.45, 7) is 4.30. The third-order valence-electron chi connectivity index (χ3n) is 3.12. The van der Waals surface area contributed by atoms with Crippen LogP contribution in [0.4, 0.5) is 0 Å². The van der Waals surface area contributed by atoms with Gasteiger partial charge in [-0.2, -0.15) is 0 Å². The Morgan fingerprint density at radius 2 is 2.28 bits per heavy atom. The second-order valence-corrected chi connectivity index (χ2v) is 6.29. The zero-order chi connectivity index (χ0) is 13.0. The number of aromatic nitrogens is 1. The Balaban J connectivity index is 1.79. The van der Waals surface area contributed by atoms with Crippen molar-refractivity contribution in [3.05, 3.63) is 15.5 Å². The average Bonchev–Trinajstić information content (AvgIpc) is 2.82. The molecule has 1 atom stereocenters. The van der Waals surface area contributed by atoms with Gasteiger partial charge < -0.3 is 4.90 Å². The molecule has 0 bridgehead atoms. The summed E-state index contributed by atoms with van der Waals surface area (Å²) in [5, 5.41) is 4.12. The van der Waals surface area contributed by atoms with Crippen LogP contribution in [0.25, 0.3) is 0 Å². The lowest BCUT2D eigenvalue weighted by molar-refractivity contribution is -0.133. The number of amides is 1. The van der Waals surface area contributed by atoms with E-state index in [1.807, 2.05) is 11.8 Å². The van der Waals surface area contributed by atoms with Crippen LogP contribution in [0.2, 0.25) is 4.34 Å². The zero-order valence-electron chi connectivity index (χ0n) is 10.5. The monoisotopic (exact) mass is 287 g/mol. The van der Waals surface area contributed by atoms with E-state index in [9.17, 15) is 4.79 Å². The third kappa shape index (κ3) is 3.67. The second-order valence-electron chi connectivity index (χ2n) is 4.55. The molecule has 2 rings (SSSR count). The lowest BCUT2D eigenvalue weighted by atomic mass is 10.1. The molecule has 1 aromatic rings. The minimum absolute atomic E-state index is 0.161. The number of carbonyl (C=O) groups is 1. The highest BCUT2D eigenvalue weighted by Crippen LogP contribution is 2.18. The maximum atomic E-state index is 12.1. The first-order valence-corrected chi connectivity index (χ1v) is 7.48. The molecule has 1 unspecified atom stereocenters. The van der Waals surface area contributed by atoms with Gasteiger partial charge in [0.05, 0.1) is 12.2 Å². The molecule has 4 nitrogen and oxygen atoms in total. The van der Waals surface area contributed by atoms with Crippen LogP contribution in [-0.4, -0.2) is 34.9 Å². The van der Waals surface area contributed by atoms with Gasteiger partial charge in [-0.3, -0.25) is 10.1 Å². The molecule has 100 valence electrons. The van der Waals surface area contributed by atoms with Crippen LogP contribution in [0.15, 0.2) is 6.20 Å². The molecule has 1 amide bonds. The van der Waals surface area contributed by atoms with Crippen LogP contribution in [-0.2, 0) is 11.3 Å². The molecule has 18 heavy (non-hydrogen) atoms. The number of likely N-dealkylation sites (tertiary alicyclic amines) is 1. The Bertz CT molecular complexity index is 404. The second kappa shape index (κ2) is 6.50. The lowest BCUT2D eigenvalue weighted by Gasteiger charge is -2.29. The fourth-order valence-electron chi connectivity index (χ4n) is 2.09. The van der Waals surface area contributed by atoms with Gasteiger partial charge in [-0.25, -0.2) is 4.98 Å². The predicted molar refractivity (Wildman–Crippen MR) is 73.9 cm³/mol. The Hall–Kier alpha value is -0.650. The van der Waals surface area contributed by atoms with Gasteiger partial charge in [0.2, 0.25) is 5.91 Å². The molecule has 0 radical (unpaired) electrons. The van der Waals surface area contributed by atoms with Gasteiger partial charge in [-0.05, 0) is 26.2 Å². The molecule has 1 N–H and O–H groups in total. The molecular formula is C12H18ClN3OS. The number of nitrogens with one attached hydrogen (secondary N) is 1. The molecule has 0 aliphatic carbocycles. The number of thiazole rings is 1. The summed E-state index contributed by atoms with van der Waals surface area (Å²) in [5.74, 6) is 0.192. The summed E-state index contributed by atoms with van der Waals surface area (Å²) in [7, 11) is 0. The number of piperidine rings is 1. The van der Waals surface area contributed by atoms with Crippen molar-refractivity contribution in [2.45, 2.75) is 38.8 Å². The van der Waals surface area contributed by atoms with Gasteiger partial charge in [0.15, 0.2) is 0 Å². The molecular weight excluding hydrogens is 270 g/mol. The van der Waals surface area contributed by atoms with Gasteiger partial charge in [-0.15, -0.1) is 11.3 Å². The average molecular weight is 288 g/mol. The smallest absolute Gasteiger partial charge is 0.239 e. The summed E-state index contributed by atoms with van der Waals surface area (Å²) in [5.41, 5.74) is 0. The molecule has 0 aromatic carbocycles. The van der Waals surface area contributed by atoms with Gasteiger partial charge in [-0.1, -0.05) is 11.6 Å². The van der Waals surface area contributed by atoms with Crippen molar-refractivity contribution >= 4 is 28.8 Å². The Morgan fingerprint density at radius 1 is 1.56 bits per heavy atom. The first-order valence-electron chi connectivity index (χ1n) is 6.29. The SMILES string of the molecule is CC(NCc1ncc(Cl)s1)C(=O)N1CCCCC1. The summed E-state index contributed by atoms with van der Waals surface area (Å²) < 4.78 is 0.682. The van der Waals surface area contributed by atoms with Crippen molar-refractivity contribution in [3.63, 3.8) is 0 Å². The van der Waals surface area contributed by atoms with Crippen molar-refractivity contribution in [3.8, 4) is 0 Å². The Kier molecular flexibility index (Phi) is 4.97. The fourth-order valence-corrected chi connectivity index (χ4v) is 2.99. The summed E-state index contributed by atoms with van der Waals surface area (Å²) in [6.07, 6.45) is 5.13. The third-order valence-corrected chi connectivity index (χ3v) is 4.24. The van der Waals surface area contributed by atoms with Crippen molar-refractivity contribution in [1.29, 1.82) is 0 Å². The summed E-state index contributed by atoms with van der Waals surface area (Å²) >= 11 is 7.26. The normalized spacial score (nSPS) is 17.8. The van der Waals surface area contributed by atoms with Crippen molar-refractivity contribution in [2.75, 3.05) is 13.1 Å². The van der Waals surface area contributed by atoms with Gasteiger partial charge in [0.25, 0.3) is 0 Å². The highest BCUT2D eigenvalue weighted by molar-refractivity contribution is 7.15. The number of halogens is 1. The van der Waals surface area contributed by atoms with Gasteiger partial charge in [0, 0.05) is 19.6 Å². The minimum atomic E-state index is -0.161. The quantitative estimate of drug-likeness (QED) is 0.924. The van der Waals surface area contributed by atoms with E-state index in [-0.39, 0.29) is 11.9 Å². The number of carbonyl (C=O) groups excluding carboxylic acids is 1. The highest BCUT2D eigenvalue weighted by atomic mass is 35.5.